The third-order valence-corrected chi connectivity index (χ3v) is 5.04. The molecule has 6 heteroatoms. The number of amides is 2. The van der Waals surface area contributed by atoms with Gasteiger partial charge in [-0.3, -0.25) is 14.4 Å². The molecule has 1 aliphatic rings. The van der Waals surface area contributed by atoms with Crippen molar-refractivity contribution < 1.29 is 9.59 Å². The zero-order valence-corrected chi connectivity index (χ0v) is 15.5. The molecule has 0 aliphatic carbocycles. The maximum atomic E-state index is 13.0. The lowest BCUT2D eigenvalue weighted by atomic mass is 9.98. The van der Waals surface area contributed by atoms with Crippen molar-refractivity contribution in [3.05, 3.63) is 45.7 Å². The summed E-state index contributed by atoms with van der Waals surface area (Å²) >= 11 is 0. The zero-order chi connectivity index (χ0) is 18.8. The summed E-state index contributed by atoms with van der Waals surface area (Å²) in [6.07, 6.45) is 3.42. The molecule has 2 heterocycles. The van der Waals surface area contributed by atoms with Crippen LogP contribution in [0.4, 0.5) is 0 Å². The fraction of sp³-hybridized carbons (Fsp3) is 0.450. The second-order valence-electron chi connectivity index (χ2n) is 7.15. The van der Waals surface area contributed by atoms with Crippen molar-refractivity contribution in [2.45, 2.75) is 39.7 Å². The number of benzene rings is 1. The Hall–Kier alpha value is -2.63. The van der Waals surface area contributed by atoms with Gasteiger partial charge in [-0.05, 0) is 31.4 Å². The highest BCUT2D eigenvalue weighted by molar-refractivity contribution is 5.97. The van der Waals surface area contributed by atoms with Crippen molar-refractivity contribution >= 4 is 22.7 Å². The number of likely N-dealkylation sites (tertiary alicyclic amines) is 1. The topological polar surface area (TPSA) is 82.3 Å². The predicted molar refractivity (Wildman–Crippen MR) is 101 cm³/mol. The molecule has 6 nitrogen and oxygen atoms in total. The fourth-order valence-corrected chi connectivity index (χ4v) is 3.79. The van der Waals surface area contributed by atoms with Crippen LogP contribution in [0.3, 0.4) is 0 Å². The molecule has 0 unspecified atom stereocenters. The van der Waals surface area contributed by atoms with E-state index < -0.39 is 0 Å². The number of hydrogen-bond donors (Lipinski definition) is 2. The number of fused-ring (bicyclic) bond motifs is 1. The van der Waals surface area contributed by atoms with Crippen LogP contribution < -0.4 is 10.7 Å². The molecule has 2 amide bonds. The van der Waals surface area contributed by atoms with E-state index in [1.54, 1.807) is 11.0 Å². The average Bonchev–Trinajstić information content (AvgIpc) is 2.97. The minimum Gasteiger partial charge on any atom is -0.360 e. The van der Waals surface area contributed by atoms with E-state index >= 15 is 0 Å². The molecule has 1 saturated heterocycles. The van der Waals surface area contributed by atoms with Gasteiger partial charge in [-0.1, -0.05) is 25.0 Å². The number of hydrogen-bond acceptors (Lipinski definition) is 3. The van der Waals surface area contributed by atoms with Gasteiger partial charge in [0.2, 0.25) is 11.3 Å². The number of pyridine rings is 1. The standard InChI is InChI=1S/C20H25N3O3/c1-4-5-14-10-23(11-18(14)22-13(3)24)20(26)16-9-21-17-7-6-12(2)8-15(17)19(16)25/h6-9,14,18H,4-5,10-11H2,1-3H3,(H,21,25)(H,22,24)/t14-,18-/m1/s1. The molecule has 0 saturated carbocycles. The van der Waals surface area contributed by atoms with E-state index in [4.69, 9.17) is 0 Å². The first-order valence-electron chi connectivity index (χ1n) is 9.09. The first-order chi connectivity index (χ1) is 12.4. The van der Waals surface area contributed by atoms with Gasteiger partial charge in [0.15, 0.2) is 0 Å². The molecule has 2 aromatic rings. The van der Waals surface area contributed by atoms with E-state index in [0.29, 0.717) is 18.5 Å². The molecule has 2 N–H and O–H groups in total. The Morgan fingerprint density at radius 2 is 2.08 bits per heavy atom. The van der Waals surface area contributed by atoms with Crippen LogP contribution in [0, 0.1) is 12.8 Å². The van der Waals surface area contributed by atoms with Gasteiger partial charge in [-0.15, -0.1) is 0 Å². The normalized spacial score (nSPS) is 19.7. The molecule has 1 aromatic carbocycles. The van der Waals surface area contributed by atoms with E-state index in [0.717, 1.165) is 23.9 Å². The van der Waals surface area contributed by atoms with Gasteiger partial charge >= 0.3 is 0 Å². The summed E-state index contributed by atoms with van der Waals surface area (Å²) in [4.78, 5) is 42.0. The number of aromatic nitrogens is 1. The first-order valence-corrected chi connectivity index (χ1v) is 9.09. The fourth-order valence-electron chi connectivity index (χ4n) is 3.79. The van der Waals surface area contributed by atoms with Crippen LogP contribution in [-0.2, 0) is 4.79 Å². The van der Waals surface area contributed by atoms with E-state index in [9.17, 15) is 14.4 Å². The Labute approximate surface area is 152 Å². The maximum absolute atomic E-state index is 13.0. The van der Waals surface area contributed by atoms with Crippen LogP contribution in [0.25, 0.3) is 10.9 Å². The number of nitrogens with one attached hydrogen (secondary N) is 2. The molecule has 0 radical (unpaired) electrons. The molecule has 1 aromatic heterocycles. The quantitative estimate of drug-likeness (QED) is 0.882. The van der Waals surface area contributed by atoms with E-state index in [1.165, 1.54) is 13.1 Å². The van der Waals surface area contributed by atoms with Crippen LogP contribution in [0.2, 0.25) is 0 Å². The van der Waals surface area contributed by atoms with E-state index in [-0.39, 0.29) is 34.8 Å². The number of aromatic amines is 1. The van der Waals surface area contributed by atoms with E-state index in [1.807, 2.05) is 19.1 Å². The van der Waals surface area contributed by atoms with Crippen LogP contribution >= 0.6 is 0 Å². The maximum Gasteiger partial charge on any atom is 0.259 e. The zero-order valence-electron chi connectivity index (χ0n) is 15.5. The molecule has 26 heavy (non-hydrogen) atoms. The molecular weight excluding hydrogens is 330 g/mol. The van der Waals surface area contributed by atoms with Crippen molar-refractivity contribution in [2.24, 2.45) is 5.92 Å². The average molecular weight is 355 g/mol. The Kier molecular flexibility index (Phi) is 5.11. The smallest absolute Gasteiger partial charge is 0.259 e. The van der Waals surface area contributed by atoms with Gasteiger partial charge < -0.3 is 15.2 Å². The Balaban J connectivity index is 1.89. The second kappa shape index (κ2) is 7.32. The number of rotatable bonds is 4. The van der Waals surface area contributed by atoms with Gasteiger partial charge in [0.05, 0.1) is 6.04 Å². The van der Waals surface area contributed by atoms with Crippen molar-refractivity contribution in [3.8, 4) is 0 Å². The molecule has 0 spiro atoms. The Morgan fingerprint density at radius 3 is 2.77 bits per heavy atom. The first kappa shape index (κ1) is 18.2. The summed E-state index contributed by atoms with van der Waals surface area (Å²) in [6.45, 7) is 6.49. The van der Waals surface area contributed by atoms with Crippen LogP contribution in [0.15, 0.2) is 29.2 Å². The summed E-state index contributed by atoms with van der Waals surface area (Å²) in [7, 11) is 0. The predicted octanol–water partition coefficient (Wildman–Crippen LogP) is 2.21. The number of carbonyl (C=O) groups excluding carboxylic acids is 2. The monoisotopic (exact) mass is 355 g/mol. The van der Waals surface area contributed by atoms with Crippen LogP contribution in [0.5, 0.6) is 0 Å². The van der Waals surface area contributed by atoms with Crippen molar-refractivity contribution in [1.82, 2.24) is 15.2 Å². The molecule has 2 atom stereocenters. The summed E-state index contributed by atoms with van der Waals surface area (Å²) in [5.74, 6) is -0.150. The molecule has 138 valence electrons. The minimum absolute atomic E-state index is 0.0572. The molecule has 1 aliphatic heterocycles. The molecule has 3 rings (SSSR count). The van der Waals surface area contributed by atoms with Gasteiger partial charge in [-0.25, -0.2) is 0 Å². The third-order valence-electron chi connectivity index (χ3n) is 5.04. The van der Waals surface area contributed by atoms with Gasteiger partial charge in [0.25, 0.3) is 5.91 Å². The Morgan fingerprint density at radius 1 is 1.31 bits per heavy atom. The van der Waals surface area contributed by atoms with Crippen molar-refractivity contribution in [1.29, 1.82) is 0 Å². The van der Waals surface area contributed by atoms with Crippen molar-refractivity contribution in [3.63, 3.8) is 0 Å². The summed E-state index contributed by atoms with van der Waals surface area (Å²) < 4.78 is 0. The Bertz CT molecular complexity index is 903. The summed E-state index contributed by atoms with van der Waals surface area (Å²) in [5, 5.41) is 3.47. The van der Waals surface area contributed by atoms with Gasteiger partial charge in [0, 0.05) is 37.1 Å². The summed E-state index contributed by atoms with van der Waals surface area (Å²) in [6, 6.07) is 5.51. The number of carbonyl (C=O) groups is 2. The summed E-state index contributed by atoms with van der Waals surface area (Å²) in [5.41, 5.74) is 1.60. The number of aryl methyl sites for hydroxylation is 1. The SMILES string of the molecule is CCC[C@@H]1CN(C(=O)c2c[nH]c3ccc(C)cc3c2=O)C[C@H]1NC(C)=O. The highest BCUT2D eigenvalue weighted by Gasteiger charge is 2.36. The van der Waals surface area contributed by atoms with E-state index in [2.05, 4.69) is 17.2 Å². The van der Waals surface area contributed by atoms with Gasteiger partial charge in [0.1, 0.15) is 5.56 Å². The number of nitrogens with zero attached hydrogens (tertiary/aromatic N) is 1. The van der Waals surface area contributed by atoms with Gasteiger partial charge in [-0.2, -0.15) is 0 Å². The third kappa shape index (κ3) is 3.49. The lowest BCUT2D eigenvalue weighted by Crippen LogP contribution is -2.40. The minimum atomic E-state index is -0.274. The highest BCUT2D eigenvalue weighted by Crippen LogP contribution is 2.23. The second-order valence-corrected chi connectivity index (χ2v) is 7.15. The largest absolute Gasteiger partial charge is 0.360 e. The van der Waals surface area contributed by atoms with Crippen LogP contribution in [0.1, 0.15) is 42.6 Å². The number of H-pyrrole nitrogens is 1. The molecule has 1 fully saturated rings. The molecule has 0 bridgehead atoms. The van der Waals surface area contributed by atoms with Crippen molar-refractivity contribution in [2.75, 3.05) is 13.1 Å². The van der Waals surface area contributed by atoms with Crippen LogP contribution in [-0.4, -0.2) is 40.8 Å². The molecular formula is C20H25N3O3. The highest BCUT2D eigenvalue weighted by atomic mass is 16.2. The lowest BCUT2D eigenvalue weighted by molar-refractivity contribution is -0.119. The lowest BCUT2D eigenvalue weighted by Gasteiger charge is -2.17.